The van der Waals surface area contributed by atoms with Crippen molar-refractivity contribution in [3.05, 3.63) is 30.0 Å². The number of aromatic amines is 1. The molecule has 24 heavy (non-hydrogen) atoms. The van der Waals surface area contributed by atoms with Crippen LogP contribution in [0.25, 0.3) is 10.9 Å². The molecule has 130 valence electrons. The molecule has 7 nitrogen and oxygen atoms in total. The number of amides is 1. The van der Waals surface area contributed by atoms with Gasteiger partial charge in [-0.15, -0.1) is 0 Å². The lowest BCUT2D eigenvalue weighted by molar-refractivity contribution is -0.132. The molecule has 0 fully saturated rings. The highest BCUT2D eigenvalue weighted by Crippen LogP contribution is 2.29. The van der Waals surface area contributed by atoms with Gasteiger partial charge < -0.3 is 24.3 Å². The van der Waals surface area contributed by atoms with E-state index in [1.54, 1.807) is 26.2 Å². The maximum Gasteiger partial charge on any atom is 0.514 e. The molecule has 0 bridgehead atoms. The molecule has 0 aliphatic heterocycles. The predicted octanol–water partition coefficient (Wildman–Crippen LogP) is 1.88. The van der Waals surface area contributed by atoms with Crippen LogP contribution in [0.5, 0.6) is 5.75 Å². The molecule has 0 radical (unpaired) electrons. The fourth-order valence-corrected chi connectivity index (χ4v) is 2.21. The van der Waals surface area contributed by atoms with Crippen molar-refractivity contribution in [1.82, 2.24) is 14.8 Å². The summed E-state index contributed by atoms with van der Waals surface area (Å²) in [6.45, 7) is 0.533. The van der Waals surface area contributed by atoms with Gasteiger partial charge in [0.05, 0.1) is 0 Å². The smallest absolute Gasteiger partial charge is 0.424 e. The first-order valence-corrected chi connectivity index (χ1v) is 7.67. The molecule has 0 aliphatic rings. The molecular formula is C17H23N3O4. The zero-order chi connectivity index (χ0) is 17.7. The minimum atomic E-state index is -0.891. The molecule has 2 aromatic rings. The molecule has 0 saturated carbocycles. The lowest BCUT2D eigenvalue weighted by Gasteiger charge is -2.12. The molecule has 1 heterocycles. The lowest BCUT2D eigenvalue weighted by atomic mass is 10.1. The van der Waals surface area contributed by atoms with Gasteiger partial charge in [0, 0.05) is 37.7 Å². The fourth-order valence-electron chi connectivity index (χ4n) is 2.21. The number of H-pyrrole nitrogens is 1. The highest BCUT2D eigenvalue weighted by molar-refractivity contribution is 5.91. The Kier molecular flexibility index (Phi) is 5.81. The highest BCUT2D eigenvalue weighted by Gasteiger charge is 2.15. The maximum absolute atomic E-state index is 11.8. The van der Waals surface area contributed by atoms with Crippen molar-refractivity contribution in [2.24, 2.45) is 0 Å². The second-order valence-electron chi connectivity index (χ2n) is 5.97. The van der Waals surface area contributed by atoms with E-state index in [0.29, 0.717) is 5.75 Å². The summed E-state index contributed by atoms with van der Waals surface area (Å²) in [7, 11) is 7.19. The van der Waals surface area contributed by atoms with Crippen molar-refractivity contribution < 1.29 is 19.1 Å². The third-order valence-corrected chi connectivity index (χ3v) is 3.58. The number of benzene rings is 1. The molecule has 1 aromatic heterocycles. The van der Waals surface area contributed by atoms with E-state index in [4.69, 9.17) is 9.47 Å². The molecule has 1 N–H and O–H groups in total. The minimum absolute atomic E-state index is 0.307. The van der Waals surface area contributed by atoms with Crippen LogP contribution in [-0.2, 0) is 16.0 Å². The third-order valence-electron chi connectivity index (χ3n) is 3.58. The van der Waals surface area contributed by atoms with Crippen molar-refractivity contribution in [3.8, 4) is 5.75 Å². The summed E-state index contributed by atoms with van der Waals surface area (Å²) in [4.78, 5) is 29.9. The van der Waals surface area contributed by atoms with Crippen LogP contribution in [0.3, 0.4) is 0 Å². The van der Waals surface area contributed by atoms with Gasteiger partial charge >= 0.3 is 6.16 Å². The topological polar surface area (TPSA) is 74.9 Å². The Morgan fingerprint density at radius 1 is 1.17 bits per heavy atom. The van der Waals surface area contributed by atoms with Crippen molar-refractivity contribution >= 4 is 23.0 Å². The Balaban J connectivity index is 2.12. The number of nitrogens with zero attached hydrogens (tertiary/aromatic N) is 2. The molecular weight excluding hydrogens is 310 g/mol. The van der Waals surface area contributed by atoms with Gasteiger partial charge in [0.25, 0.3) is 5.91 Å². The third kappa shape index (κ3) is 4.48. The summed E-state index contributed by atoms with van der Waals surface area (Å²) >= 11 is 0. The van der Waals surface area contributed by atoms with E-state index in [9.17, 15) is 9.59 Å². The van der Waals surface area contributed by atoms with Gasteiger partial charge in [-0.3, -0.25) is 4.79 Å². The van der Waals surface area contributed by atoms with Crippen LogP contribution in [0.4, 0.5) is 4.79 Å². The molecule has 0 saturated heterocycles. The Morgan fingerprint density at radius 2 is 1.92 bits per heavy atom. The first-order valence-electron chi connectivity index (χ1n) is 7.67. The van der Waals surface area contributed by atoms with Gasteiger partial charge in [-0.1, -0.05) is 6.07 Å². The number of rotatable bonds is 6. The Labute approximate surface area is 141 Å². The van der Waals surface area contributed by atoms with Gasteiger partial charge in [0.2, 0.25) is 0 Å². The Hall–Kier alpha value is -2.54. The minimum Gasteiger partial charge on any atom is -0.424 e. The molecule has 0 unspecified atom stereocenters. The van der Waals surface area contributed by atoms with Gasteiger partial charge in [-0.05, 0) is 38.2 Å². The van der Waals surface area contributed by atoms with Crippen LogP contribution in [-0.4, -0.2) is 68.2 Å². The largest absolute Gasteiger partial charge is 0.514 e. The van der Waals surface area contributed by atoms with E-state index in [2.05, 4.69) is 9.88 Å². The van der Waals surface area contributed by atoms with Crippen molar-refractivity contribution in [2.75, 3.05) is 41.3 Å². The first kappa shape index (κ1) is 17.8. The lowest BCUT2D eigenvalue weighted by Crippen LogP contribution is -2.28. The van der Waals surface area contributed by atoms with Crippen LogP contribution >= 0.6 is 0 Å². The van der Waals surface area contributed by atoms with E-state index >= 15 is 0 Å². The standard InChI is InChI=1S/C17H23N3O4/c1-19(2)9-8-12-10-18-13-6-5-7-14(16(12)13)24-17(22)23-11-15(21)20(3)4/h5-7,10,18H,8-9,11H2,1-4H3. The second-order valence-corrected chi connectivity index (χ2v) is 5.97. The normalized spacial score (nSPS) is 10.9. The zero-order valence-electron chi connectivity index (χ0n) is 14.5. The molecule has 0 atom stereocenters. The number of likely N-dealkylation sites (N-methyl/N-ethyl adjacent to an activating group) is 2. The van der Waals surface area contributed by atoms with E-state index in [1.165, 1.54) is 4.90 Å². The van der Waals surface area contributed by atoms with Crippen molar-refractivity contribution in [2.45, 2.75) is 6.42 Å². The number of hydrogen-bond donors (Lipinski definition) is 1. The fraction of sp³-hybridized carbons (Fsp3) is 0.412. The molecule has 7 heteroatoms. The van der Waals surface area contributed by atoms with Gasteiger partial charge in [-0.25, -0.2) is 4.79 Å². The quantitative estimate of drug-likeness (QED) is 0.645. The SMILES string of the molecule is CN(C)CCc1c[nH]c2cccc(OC(=O)OCC(=O)N(C)C)c12. The highest BCUT2D eigenvalue weighted by atomic mass is 16.7. The summed E-state index contributed by atoms with van der Waals surface area (Å²) < 4.78 is 10.2. The predicted molar refractivity (Wildman–Crippen MR) is 91.2 cm³/mol. The van der Waals surface area contributed by atoms with E-state index < -0.39 is 6.16 Å². The van der Waals surface area contributed by atoms with E-state index in [1.807, 2.05) is 26.4 Å². The summed E-state index contributed by atoms with van der Waals surface area (Å²) in [5, 5.41) is 0.857. The number of carbonyl (C=O) groups excluding carboxylic acids is 2. The van der Waals surface area contributed by atoms with Crippen LogP contribution < -0.4 is 4.74 Å². The number of fused-ring (bicyclic) bond motifs is 1. The van der Waals surface area contributed by atoms with Crippen LogP contribution in [0.15, 0.2) is 24.4 Å². The number of ether oxygens (including phenoxy) is 2. The maximum atomic E-state index is 11.8. The second kappa shape index (κ2) is 7.83. The Bertz CT molecular complexity index is 722. The average molecular weight is 333 g/mol. The molecule has 2 rings (SSSR count). The number of carbonyl (C=O) groups is 2. The van der Waals surface area contributed by atoms with Crippen LogP contribution in [0, 0.1) is 0 Å². The average Bonchev–Trinajstić information content (AvgIpc) is 2.94. The van der Waals surface area contributed by atoms with Crippen molar-refractivity contribution in [3.63, 3.8) is 0 Å². The summed E-state index contributed by atoms with van der Waals surface area (Å²) in [6.07, 6.45) is 1.85. The first-order chi connectivity index (χ1) is 11.4. The van der Waals surface area contributed by atoms with Crippen LogP contribution in [0.1, 0.15) is 5.56 Å². The summed E-state index contributed by atoms with van der Waals surface area (Å²) in [5.74, 6) is 0.114. The number of nitrogens with one attached hydrogen (secondary N) is 1. The van der Waals surface area contributed by atoms with Crippen LogP contribution in [0.2, 0.25) is 0 Å². The van der Waals surface area contributed by atoms with E-state index in [0.717, 1.165) is 29.4 Å². The monoisotopic (exact) mass is 333 g/mol. The molecule has 1 aromatic carbocycles. The molecule has 0 aliphatic carbocycles. The van der Waals surface area contributed by atoms with Crippen molar-refractivity contribution in [1.29, 1.82) is 0 Å². The Morgan fingerprint density at radius 3 is 2.58 bits per heavy atom. The molecule has 1 amide bonds. The van der Waals surface area contributed by atoms with Gasteiger partial charge in [0.15, 0.2) is 6.61 Å². The van der Waals surface area contributed by atoms with Gasteiger partial charge in [-0.2, -0.15) is 0 Å². The number of hydrogen-bond acceptors (Lipinski definition) is 5. The number of aromatic nitrogens is 1. The molecule has 0 spiro atoms. The summed E-state index contributed by atoms with van der Waals surface area (Å²) in [5.41, 5.74) is 1.95. The zero-order valence-corrected chi connectivity index (χ0v) is 14.5. The summed E-state index contributed by atoms with van der Waals surface area (Å²) in [6, 6.07) is 5.43. The van der Waals surface area contributed by atoms with E-state index in [-0.39, 0.29) is 12.5 Å². The van der Waals surface area contributed by atoms with Gasteiger partial charge in [0.1, 0.15) is 5.75 Å².